The van der Waals surface area contributed by atoms with Crippen molar-refractivity contribution in [3.8, 4) is 23.0 Å². The van der Waals surface area contributed by atoms with Crippen molar-refractivity contribution in [2.75, 3.05) is 33.8 Å². The minimum atomic E-state index is -5.37. The van der Waals surface area contributed by atoms with E-state index in [2.05, 4.69) is 0 Å². The van der Waals surface area contributed by atoms with Crippen LogP contribution in [-0.2, 0) is 25.2 Å². The van der Waals surface area contributed by atoms with Crippen molar-refractivity contribution in [2.24, 2.45) is 0 Å². The zero-order chi connectivity index (χ0) is 28.0. The highest BCUT2D eigenvalue weighted by Gasteiger charge is 2.62. The summed E-state index contributed by atoms with van der Waals surface area (Å²) >= 11 is 0. The number of halogens is 4. The Bertz CT molecular complexity index is 1270. The van der Waals surface area contributed by atoms with Gasteiger partial charge in [0.1, 0.15) is 23.0 Å². The first-order valence-electron chi connectivity index (χ1n) is 10.2. The summed E-state index contributed by atoms with van der Waals surface area (Å²) in [5.74, 6) is -13.1. The maximum absolute atomic E-state index is 13.8. The first-order chi connectivity index (χ1) is 17.2. The minimum Gasteiger partial charge on any atom is -0.496 e. The van der Waals surface area contributed by atoms with Gasteiger partial charge in [-0.25, -0.2) is 8.42 Å². The van der Waals surface area contributed by atoms with Crippen LogP contribution in [0.5, 0.6) is 23.0 Å². The number of carbonyl (C=O) groups is 2. The van der Waals surface area contributed by atoms with Gasteiger partial charge in [0, 0.05) is 17.5 Å². The summed E-state index contributed by atoms with van der Waals surface area (Å²) in [5.41, 5.74) is -0.223. The molecule has 0 atom stereocenters. The number of rotatable bonds is 12. The number of ether oxygens (including phenoxy) is 4. The third-order valence-electron chi connectivity index (χ3n) is 4.93. The van der Waals surface area contributed by atoms with Crippen LogP contribution >= 0.6 is 0 Å². The molecule has 2 aromatic rings. The molecule has 37 heavy (non-hydrogen) atoms. The van der Waals surface area contributed by atoms with E-state index in [-0.39, 0.29) is 28.4 Å². The average molecular weight is 549 g/mol. The molecule has 0 fully saturated rings. The molecular weight excluding hydrogens is 526 g/mol. The van der Waals surface area contributed by atoms with Crippen LogP contribution in [0.3, 0.4) is 0 Å². The molecule has 0 saturated carbocycles. The number of benzene rings is 2. The zero-order valence-electron chi connectivity index (χ0n) is 20.0. The van der Waals surface area contributed by atoms with Crippen molar-refractivity contribution in [3.63, 3.8) is 0 Å². The highest BCUT2D eigenvalue weighted by atomic mass is 32.2. The van der Waals surface area contributed by atoms with E-state index in [1.807, 2.05) is 0 Å². The second-order valence-electron chi connectivity index (χ2n) is 7.36. The standard InChI is InChI=1S/C23H23F4NO8S/c1-33-15-10-19(35-3)16(20(11-15)36-4)7-8-37(31,32)12-14-5-6-18(34-2)17(9-14)28-21(30)23(26,27)22(24,25)13-29/h5-11,13H,12H2,1-4H3,(H,28,30)/b8-7+. The first kappa shape index (κ1) is 29.4. The van der Waals surface area contributed by atoms with E-state index in [1.165, 1.54) is 45.6 Å². The summed E-state index contributed by atoms with van der Waals surface area (Å²) in [4.78, 5) is 22.1. The molecule has 2 rings (SSSR count). The summed E-state index contributed by atoms with van der Waals surface area (Å²) in [7, 11) is 1.25. The quantitative estimate of drug-likeness (QED) is 0.315. The van der Waals surface area contributed by atoms with Crippen LogP contribution in [0.1, 0.15) is 11.1 Å². The van der Waals surface area contributed by atoms with Crippen LogP contribution in [-0.4, -0.2) is 60.9 Å². The van der Waals surface area contributed by atoms with Crippen molar-refractivity contribution >= 4 is 33.8 Å². The molecule has 202 valence electrons. The fraction of sp³-hybridized carbons (Fsp3) is 0.304. The first-order valence-corrected chi connectivity index (χ1v) is 11.9. The van der Waals surface area contributed by atoms with Gasteiger partial charge in [-0.3, -0.25) is 9.59 Å². The molecule has 0 aliphatic carbocycles. The highest BCUT2D eigenvalue weighted by Crippen LogP contribution is 2.37. The van der Waals surface area contributed by atoms with Crippen molar-refractivity contribution in [2.45, 2.75) is 17.6 Å². The van der Waals surface area contributed by atoms with Crippen LogP contribution in [0.25, 0.3) is 6.08 Å². The van der Waals surface area contributed by atoms with Crippen LogP contribution < -0.4 is 24.3 Å². The molecule has 0 saturated heterocycles. The van der Waals surface area contributed by atoms with Crippen molar-refractivity contribution in [1.82, 2.24) is 0 Å². The van der Waals surface area contributed by atoms with Crippen molar-refractivity contribution in [3.05, 3.63) is 46.9 Å². The molecule has 0 aromatic heterocycles. The van der Waals surface area contributed by atoms with E-state index in [4.69, 9.17) is 18.9 Å². The lowest BCUT2D eigenvalue weighted by atomic mass is 10.1. The van der Waals surface area contributed by atoms with Crippen molar-refractivity contribution in [1.29, 1.82) is 0 Å². The summed E-state index contributed by atoms with van der Waals surface area (Å²) in [6, 6.07) is 6.41. The number of hydrogen-bond donors (Lipinski definition) is 1. The van der Waals surface area contributed by atoms with E-state index < -0.39 is 45.3 Å². The van der Waals surface area contributed by atoms with E-state index in [0.29, 0.717) is 5.75 Å². The number of methoxy groups -OCH3 is 4. The Kier molecular flexibility index (Phi) is 9.14. The van der Waals surface area contributed by atoms with Gasteiger partial charge in [-0.2, -0.15) is 17.6 Å². The van der Waals surface area contributed by atoms with Gasteiger partial charge in [-0.1, -0.05) is 6.07 Å². The third kappa shape index (κ3) is 6.70. The zero-order valence-corrected chi connectivity index (χ0v) is 20.8. The monoisotopic (exact) mass is 549 g/mol. The minimum absolute atomic E-state index is 0.000116. The fourth-order valence-corrected chi connectivity index (χ4v) is 4.10. The van der Waals surface area contributed by atoms with E-state index in [0.717, 1.165) is 24.7 Å². The largest absolute Gasteiger partial charge is 0.496 e. The van der Waals surface area contributed by atoms with Gasteiger partial charge >= 0.3 is 17.8 Å². The van der Waals surface area contributed by atoms with Crippen molar-refractivity contribution < 1.29 is 54.5 Å². The smallest absolute Gasteiger partial charge is 0.393 e. The van der Waals surface area contributed by atoms with Gasteiger partial charge in [-0.05, 0) is 23.8 Å². The lowest BCUT2D eigenvalue weighted by Crippen LogP contribution is -2.51. The molecular formula is C23H23F4NO8S. The predicted octanol–water partition coefficient (Wildman–Crippen LogP) is 3.71. The summed E-state index contributed by atoms with van der Waals surface area (Å²) in [6.07, 6.45) is -0.118. The Morgan fingerprint density at radius 3 is 1.97 bits per heavy atom. The highest BCUT2D eigenvalue weighted by molar-refractivity contribution is 7.93. The Labute approximate surface area is 209 Å². The van der Waals surface area contributed by atoms with Crippen LogP contribution in [0.15, 0.2) is 35.7 Å². The molecule has 0 aliphatic heterocycles. The molecule has 0 aliphatic rings. The lowest BCUT2D eigenvalue weighted by Gasteiger charge is -2.21. The molecule has 0 heterocycles. The number of alkyl halides is 4. The fourth-order valence-electron chi connectivity index (χ4n) is 3.02. The Hall–Kier alpha value is -3.81. The molecule has 0 radical (unpaired) electrons. The van der Waals surface area contributed by atoms with Crippen LogP contribution in [0.2, 0.25) is 0 Å². The van der Waals surface area contributed by atoms with Gasteiger partial charge in [0.15, 0.2) is 16.1 Å². The van der Waals surface area contributed by atoms with Gasteiger partial charge in [0.25, 0.3) is 0 Å². The Morgan fingerprint density at radius 1 is 0.919 bits per heavy atom. The molecule has 2 aromatic carbocycles. The normalized spacial score (nSPS) is 12.2. The van der Waals surface area contributed by atoms with Crippen LogP contribution in [0.4, 0.5) is 23.2 Å². The Morgan fingerprint density at radius 2 is 1.49 bits per heavy atom. The topological polar surface area (TPSA) is 117 Å². The number of anilines is 1. The SMILES string of the molecule is COc1cc(OC)c(/C=C/S(=O)(=O)Cc2ccc(OC)c(NC(=O)C(F)(F)C(F)(F)C=O)c2)c(OC)c1. The number of nitrogens with one attached hydrogen (secondary N) is 1. The number of hydrogen-bond acceptors (Lipinski definition) is 8. The second kappa shape index (κ2) is 11.5. The van der Waals surface area contributed by atoms with E-state index in [9.17, 15) is 35.6 Å². The maximum atomic E-state index is 13.8. The second-order valence-corrected chi connectivity index (χ2v) is 9.25. The average Bonchev–Trinajstić information content (AvgIpc) is 2.86. The van der Waals surface area contributed by atoms with Crippen LogP contribution in [0, 0.1) is 0 Å². The molecule has 1 N–H and O–H groups in total. The summed E-state index contributed by atoms with van der Waals surface area (Å²) < 4.78 is 100.0. The molecule has 0 bridgehead atoms. The number of sulfone groups is 1. The number of amides is 1. The predicted molar refractivity (Wildman–Crippen MR) is 125 cm³/mol. The van der Waals surface area contributed by atoms with Gasteiger partial charge in [0.05, 0.1) is 45.4 Å². The molecule has 0 spiro atoms. The molecule has 9 nitrogen and oxygen atoms in total. The Balaban J connectivity index is 2.36. The van der Waals surface area contributed by atoms with Gasteiger partial charge < -0.3 is 24.3 Å². The summed E-state index contributed by atoms with van der Waals surface area (Å²) in [5, 5.41) is 2.42. The number of aldehydes is 1. The molecule has 0 unspecified atom stereocenters. The third-order valence-corrected chi connectivity index (χ3v) is 6.21. The lowest BCUT2D eigenvalue weighted by molar-refractivity contribution is -0.198. The van der Waals surface area contributed by atoms with Gasteiger partial charge in [-0.15, -0.1) is 0 Å². The molecule has 1 amide bonds. The number of carbonyl (C=O) groups excluding carboxylic acids is 2. The van der Waals surface area contributed by atoms with E-state index >= 15 is 0 Å². The van der Waals surface area contributed by atoms with Gasteiger partial charge in [0.2, 0.25) is 0 Å². The summed E-state index contributed by atoms with van der Waals surface area (Å²) in [6.45, 7) is 0. The van der Waals surface area contributed by atoms with E-state index in [1.54, 1.807) is 5.32 Å². The maximum Gasteiger partial charge on any atom is 0.393 e. The molecule has 14 heteroatoms.